The number of hydrogen-bond donors (Lipinski definition) is 0. The Morgan fingerprint density at radius 1 is 0.714 bits per heavy atom. The van der Waals surface area contributed by atoms with Crippen molar-refractivity contribution in [3.05, 3.63) is 14.9 Å². The van der Waals surface area contributed by atoms with Gasteiger partial charge in [-0.15, -0.1) is 0 Å². The van der Waals surface area contributed by atoms with Crippen LogP contribution in [0.4, 0.5) is 0 Å². The van der Waals surface area contributed by atoms with Crippen LogP contribution in [-0.2, 0) is 20.8 Å². The van der Waals surface area contributed by atoms with Crippen molar-refractivity contribution < 1.29 is 20.8 Å². The van der Waals surface area contributed by atoms with Gasteiger partial charge < -0.3 is 14.9 Å². The zero-order valence-electron chi connectivity index (χ0n) is 24.1. The van der Waals surface area contributed by atoms with Crippen molar-refractivity contribution in [3.8, 4) is 0 Å². The van der Waals surface area contributed by atoms with Gasteiger partial charge in [-0.25, -0.2) is 0 Å². The topological polar surface area (TPSA) is 0 Å². The van der Waals surface area contributed by atoms with Gasteiger partial charge in [0.1, 0.15) is 0 Å². The fraction of sp³-hybridized carbons (Fsp3) is 0.935. The summed E-state index contributed by atoms with van der Waals surface area (Å²) in [6.07, 6.45) is 23.6. The predicted molar refractivity (Wildman–Crippen MR) is 158 cm³/mol. The molecule has 5 fully saturated rings. The Morgan fingerprint density at radius 3 is 1.91 bits per heavy atom. The monoisotopic (exact) mass is 618 g/mol. The van der Waals surface area contributed by atoms with Crippen LogP contribution >= 0.6 is 17.0 Å². The normalized spacial score (nSPS) is 40.9. The van der Waals surface area contributed by atoms with E-state index in [1.165, 1.54) is 23.9 Å². The molecule has 5 saturated carbocycles. The molecule has 0 aromatic heterocycles. The van der Waals surface area contributed by atoms with E-state index in [0.29, 0.717) is 0 Å². The summed E-state index contributed by atoms with van der Waals surface area (Å²) in [5.41, 5.74) is 2.35. The van der Waals surface area contributed by atoms with E-state index in [-0.39, 0.29) is 14.9 Å². The van der Waals surface area contributed by atoms with Crippen molar-refractivity contribution in [1.82, 2.24) is 0 Å². The molecule has 5 rings (SSSR count). The van der Waals surface area contributed by atoms with Gasteiger partial charge in [-0.1, -0.05) is 84.7 Å². The van der Waals surface area contributed by atoms with E-state index in [9.17, 15) is 0 Å². The second-order valence-electron chi connectivity index (χ2n) is 13.6. The third-order valence-electron chi connectivity index (χ3n) is 12.1. The van der Waals surface area contributed by atoms with Gasteiger partial charge >= 0.3 is 37.9 Å². The molecular weight excluding hydrogens is 563 g/mol. The first-order valence-corrected chi connectivity index (χ1v) is 24.4. The molecule has 0 amide bonds. The fourth-order valence-electron chi connectivity index (χ4n) is 10.9. The minimum atomic E-state index is -1.22. The van der Waals surface area contributed by atoms with Crippen LogP contribution < -0.4 is 0 Å². The van der Waals surface area contributed by atoms with Gasteiger partial charge in [0, 0.05) is 0 Å². The summed E-state index contributed by atoms with van der Waals surface area (Å²) in [7, 11) is 8.65. The van der Waals surface area contributed by atoms with Crippen LogP contribution in [0.25, 0.3) is 0 Å². The van der Waals surface area contributed by atoms with Gasteiger partial charge in [-0.2, -0.15) is 0 Å². The Morgan fingerprint density at radius 2 is 1.26 bits per heavy atom. The minimum absolute atomic E-state index is 0. The van der Waals surface area contributed by atoms with E-state index in [4.69, 9.17) is 17.0 Å². The molecule has 5 aliphatic carbocycles. The molecule has 0 heterocycles. The van der Waals surface area contributed by atoms with Crippen LogP contribution in [0.5, 0.6) is 0 Å². The van der Waals surface area contributed by atoms with Crippen molar-refractivity contribution >= 4 is 25.1 Å². The van der Waals surface area contributed by atoms with Crippen molar-refractivity contribution in [2.24, 2.45) is 47.3 Å². The summed E-state index contributed by atoms with van der Waals surface area (Å²) in [4.78, 5) is 0. The van der Waals surface area contributed by atoms with Gasteiger partial charge in [-0.05, 0) is 97.0 Å². The summed E-state index contributed by atoms with van der Waals surface area (Å²) < 4.78 is 0. The summed E-state index contributed by atoms with van der Waals surface area (Å²) in [5, 5.41) is 0. The van der Waals surface area contributed by atoms with Gasteiger partial charge in [0.25, 0.3) is 0 Å². The predicted octanol–water partition coefficient (Wildman–Crippen LogP) is 11.6. The Hall–Kier alpha value is 1.68. The maximum atomic E-state index is 4.93. The van der Waals surface area contributed by atoms with Crippen LogP contribution in [0.3, 0.4) is 0 Å². The number of fused-ring (bicyclic) bond motifs is 4. The summed E-state index contributed by atoms with van der Waals surface area (Å²) >= 11 is -0.826. The first-order chi connectivity index (χ1) is 15.9. The molecule has 0 bridgehead atoms. The van der Waals surface area contributed by atoms with Crippen LogP contribution in [0, 0.1) is 62.2 Å². The Bertz CT molecular complexity index is 613. The van der Waals surface area contributed by atoms with E-state index < -0.39 is 28.9 Å². The van der Waals surface area contributed by atoms with Gasteiger partial charge in [0.15, 0.2) is 0 Å². The van der Waals surface area contributed by atoms with Crippen LogP contribution in [0.1, 0.15) is 110 Å². The van der Waals surface area contributed by atoms with Crippen LogP contribution in [0.2, 0.25) is 24.2 Å². The van der Waals surface area contributed by atoms with Gasteiger partial charge in [-0.3, -0.25) is 0 Å². The number of hydrogen-bond acceptors (Lipinski definition) is 0. The molecule has 0 nitrogen and oxygen atoms in total. The number of rotatable bonds is 5. The van der Waals surface area contributed by atoms with Crippen LogP contribution in [0.15, 0.2) is 0 Å². The van der Waals surface area contributed by atoms with E-state index in [1.54, 1.807) is 83.5 Å². The molecule has 0 radical (unpaired) electrons. The van der Waals surface area contributed by atoms with Crippen LogP contribution in [-0.4, -0.2) is 8.07 Å². The zero-order chi connectivity index (χ0) is 23.6. The van der Waals surface area contributed by atoms with Crippen molar-refractivity contribution in [3.63, 3.8) is 0 Å². The molecule has 0 N–H and O–H groups in total. The molecule has 10 atom stereocenters. The molecule has 10 unspecified atom stereocenters. The Kier molecular flexibility index (Phi) is 14.0. The van der Waals surface area contributed by atoms with E-state index in [0.717, 1.165) is 47.3 Å². The van der Waals surface area contributed by atoms with E-state index >= 15 is 0 Å². The third-order valence-corrected chi connectivity index (χ3v) is 17.3. The van der Waals surface area contributed by atoms with E-state index in [2.05, 4.69) is 26.9 Å². The molecule has 0 aliphatic heterocycles. The summed E-state index contributed by atoms with van der Waals surface area (Å²) in [5.74, 6) is 8.91. The molecule has 0 aromatic carbocycles. The Labute approximate surface area is 240 Å². The summed E-state index contributed by atoms with van der Waals surface area (Å²) in [6, 6.07) is 0. The zero-order valence-corrected chi connectivity index (χ0v) is 29.1. The fourth-order valence-corrected chi connectivity index (χ4v) is 16.2. The average Bonchev–Trinajstić information content (AvgIpc) is 3.43. The molecule has 204 valence electrons. The van der Waals surface area contributed by atoms with Gasteiger partial charge in [0.2, 0.25) is 0 Å². The second kappa shape index (κ2) is 14.9. The van der Waals surface area contributed by atoms with E-state index in [1.807, 2.05) is 0 Å². The SMILES string of the molecule is CCCC(C)C1CC([Si](C)(C)C2CCC3C4CCCCC4CCC32)C2CCCCC12.[CH3-].[CH3-].[Cl][Zr+2][Cl]. The molecule has 35 heavy (non-hydrogen) atoms. The van der Waals surface area contributed by atoms with Crippen molar-refractivity contribution in [2.45, 2.75) is 134 Å². The molecule has 0 saturated heterocycles. The molecule has 0 aromatic rings. The third kappa shape index (κ3) is 6.88. The Balaban J connectivity index is 0.000000823. The maximum absolute atomic E-state index is 4.93. The number of halogens is 2. The second-order valence-corrected chi connectivity index (χ2v) is 22.4. The van der Waals surface area contributed by atoms with Crippen molar-refractivity contribution in [1.29, 1.82) is 0 Å². The molecule has 5 aliphatic rings. The summed E-state index contributed by atoms with van der Waals surface area (Å²) in [6.45, 7) is 10.9. The van der Waals surface area contributed by atoms with Crippen molar-refractivity contribution in [2.75, 3.05) is 0 Å². The molecular formula is C31H58Cl2SiZr. The standard InChI is InChI=1S/C29H52Si.2CH3.2ClH.Zr/c1-5-10-20(2)27-19-29(25-14-9-8-13-23(25)27)30(3,4)28-18-17-24-22-12-7-6-11-21(22)15-16-26(24)28;;;;;/h20-29H,5-19H2,1-4H3;2*1H3;2*1H;/q;2*-1;;;+4/p-2. The quantitative estimate of drug-likeness (QED) is 0.212. The molecule has 0 spiro atoms. The molecule has 4 heteroatoms. The van der Waals surface area contributed by atoms with Gasteiger partial charge in [0.05, 0.1) is 8.07 Å². The first-order valence-electron chi connectivity index (χ1n) is 14.9. The first kappa shape index (κ1) is 32.9. The average molecular weight is 621 g/mol.